The molecule has 0 aliphatic carbocycles. The van der Waals surface area contributed by atoms with Gasteiger partial charge in [-0.1, -0.05) is 32.9 Å². The Morgan fingerprint density at radius 2 is 2.08 bits per heavy atom. The first-order valence-electron chi connectivity index (χ1n) is 8.42. The summed E-state index contributed by atoms with van der Waals surface area (Å²) in [6.45, 7) is 6.72. The normalized spacial score (nSPS) is 20.5. The molecule has 6 heteroatoms. The molecule has 2 amide bonds. The molecule has 0 aromatic heterocycles. The first-order chi connectivity index (χ1) is 11.5. The monoisotopic (exact) mass is 352 g/mol. The zero-order valence-electron chi connectivity index (χ0n) is 14.4. The molecule has 2 rings (SSSR count). The van der Waals surface area contributed by atoms with E-state index < -0.39 is 17.8 Å². The zero-order chi connectivity index (χ0) is 17.7. The summed E-state index contributed by atoms with van der Waals surface area (Å²) in [6, 6.07) is 5.41. The van der Waals surface area contributed by atoms with Crippen molar-refractivity contribution in [2.75, 3.05) is 12.3 Å². The van der Waals surface area contributed by atoms with Crippen molar-refractivity contribution in [3.8, 4) is 0 Å². The number of halogens is 1. The summed E-state index contributed by atoms with van der Waals surface area (Å²) in [5, 5.41) is 2.76. The number of thioether (sulfide) groups is 1. The fraction of sp³-hybridized carbons (Fsp3) is 0.556. The van der Waals surface area contributed by atoms with Gasteiger partial charge in [0.1, 0.15) is 11.9 Å². The smallest absolute Gasteiger partial charge is 0.258 e. The van der Waals surface area contributed by atoms with Crippen LogP contribution in [0.3, 0.4) is 0 Å². The second-order valence-electron chi connectivity index (χ2n) is 6.42. The molecule has 1 aliphatic rings. The molecular weight excluding hydrogens is 327 g/mol. The van der Waals surface area contributed by atoms with Gasteiger partial charge in [0.05, 0.1) is 10.9 Å². The van der Waals surface area contributed by atoms with Crippen LogP contribution in [0.15, 0.2) is 24.3 Å². The van der Waals surface area contributed by atoms with Crippen LogP contribution in [0.25, 0.3) is 0 Å². The van der Waals surface area contributed by atoms with Crippen molar-refractivity contribution in [3.05, 3.63) is 35.6 Å². The van der Waals surface area contributed by atoms with E-state index in [0.717, 1.165) is 12.8 Å². The molecule has 2 unspecified atom stereocenters. The molecule has 1 aromatic rings. The Balaban J connectivity index is 2.27. The van der Waals surface area contributed by atoms with E-state index in [-0.39, 0.29) is 16.8 Å². The Bertz CT molecular complexity index is 594. The average Bonchev–Trinajstić information content (AvgIpc) is 2.95. The summed E-state index contributed by atoms with van der Waals surface area (Å²) >= 11 is 1.60. The molecule has 0 bridgehead atoms. The Morgan fingerprint density at radius 1 is 1.38 bits per heavy atom. The molecule has 1 aromatic carbocycles. The van der Waals surface area contributed by atoms with Gasteiger partial charge in [0.25, 0.3) is 5.91 Å². The van der Waals surface area contributed by atoms with E-state index in [0.29, 0.717) is 18.2 Å². The van der Waals surface area contributed by atoms with Crippen LogP contribution < -0.4 is 5.32 Å². The van der Waals surface area contributed by atoms with Crippen molar-refractivity contribution in [2.45, 2.75) is 45.0 Å². The molecular formula is C18H25FN2O2S. The van der Waals surface area contributed by atoms with E-state index in [1.54, 1.807) is 28.8 Å². The standard InChI is InChI=1S/C18H25FN2O2S/c1-4-9-20-17(22)15-11-24-16(10-12(2)3)21(15)18(23)13-7-5-6-8-14(13)19/h5-8,12,15-16H,4,9-11H2,1-3H3,(H,20,22). The van der Waals surface area contributed by atoms with E-state index in [9.17, 15) is 14.0 Å². The van der Waals surface area contributed by atoms with E-state index in [2.05, 4.69) is 19.2 Å². The predicted molar refractivity (Wildman–Crippen MR) is 95.4 cm³/mol. The first kappa shape index (κ1) is 18.8. The lowest BCUT2D eigenvalue weighted by Crippen LogP contribution is -2.50. The van der Waals surface area contributed by atoms with Crippen LogP contribution in [-0.2, 0) is 4.79 Å². The molecule has 1 saturated heterocycles. The van der Waals surface area contributed by atoms with Gasteiger partial charge in [0.2, 0.25) is 5.91 Å². The number of benzene rings is 1. The highest BCUT2D eigenvalue weighted by atomic mass is 32.2. The van der Waals surface area contributed by atoms with Crippen LogP contribution in [0.1, 0.15) is 44.0 Å². The van der Waals surface area contributed by atoms with Crippen molar-refractivity contribution in [1.82, 2.24) is 10.2 Å². The molecule has 24 heavy (non-hydrogen) atoms. The van der Waals surface area contributed by atoms with E-state index in [1.165, 1.54) is 12.1 Å². The Labute approximate surface area is 147 Å². The second kappa shape index (κ2) is 8.51. The Kier molecular flexibility index (Phi) is 6.66. The maximum atomic E-state index is 14.1. The molecule has 0 radical (unpaired) electrons. The SMILES string of the molecule is CCCNC(=O)C1CSC(CC(C)C)N1C(=O)c1ccccc1F. The lowest BCUT2D eigenvalue weighted by Gasteiger charge is -2.30. The highest BCUT2D eigenvalue weighted by Gasteiger charge is 2.42. The number of hydrogen-bond acceptors (Lipinski definition) is 3. The number of nitrogens with zero attached hydrogens (tertiary/aromatic N) is 1. The van der Waals surface area contributed by atoms with Gasteiger partial charge >= 0.3 is 0 Å². The van der Waals surface area contributed by atoms with Crippen LogP contribution in [0.2, 0.25) is 0 Å². The van der Waals surface area contributed by atoms with Crippen molar-refractivity contribution >= 4 is 23.6 Å². The summed E-state index contributed by atoms with van der Waals surface area (Å²) in [5.74, 6) is -0.167. The summed E-state index contributed by atoms with van der Waals surface area (Å²) < 4.78 is 14.1. The van der Waals surface area contributed by atoms with Crippen LogP contribution in [0.4, 0.5) is 4.39 Å². The van der Waals surface area contributed by atoms with E-state index >= 15 is 0 Å². The maximum Gasteiger partial charge on any atom is 0.258 e. The molecule has 0 spiro atoms. The van der Waals surface area contributed by atoms with Gasteiger partial charge in [-0.15, -0.1) is 11.8 Å². The van der Waals surface area contributed by atoms with Gasteiger partial charge in [-0.2, -0.15) is 0 Å². The number of carbonyl (C=O) groups excluding carboxylic acids is 2. The third-order valence-corrected chi connectivity index (χ3v) is 5.27. The fourth-order valence-corrected chi connectivity index (χ4v) is 4.40. The van der Waals surface area contributed by atoms with Crippen LogP contribution >= 0.6 is 11.8 Å². The largest absolute Gasteiger partial charge is 0.354 e. The molecule has 1 N–H and O–H groups in total. The first-order valence-corrected chi connectivity index (χ1v) is 9.47. The van der Waals surface area contributed by atoms with Crippen molar-refractivity contribution < 1.29 is 14.0 Å². The van der Waals surface area contributed by atoms with Gasteiger partial charge in [-0.3, -0.25) is 9.59 Å². The topological polar surface area (TPSA) is 49.4 Å². The number of nitrogens with one attached hydrogen (secondary N) is 1. The Hall–Kier alpha value is -1.56. The number of hydrogen-bond donors (Lipinski definition) is 1. The molecule has 1 heterocycles. The van der Waals surface area contributed by atoms with Gasteiger partial charge in [0.15, 0.2) is 0 Å². The maximum absolute atomic E-state index is 14.1. The predicted octanol–water partition coefficient (Wildman–Crippen LogP) is 3.28. The van der Waals surface area contributed by atoms with E-state index in [4.69, 9.17) is 0 Å². The minimum absolute atomic E-state index is 0.0297. The number of carbonyl (C=O) groups is 2. The third kappa shape index (κ3) is 4.29. The summed E-state index contributed by atoms with van der Waals surface area (Å²) in [4.78, 5) is 27.0. The zero-order valence-corrected chi connectivity index (χ0v) is 15.2. The van der Waals surface area contributed by atoms with E-state index in [1.807, 2.05) is 6.92 Å². The molecule has 1 fully saturated rings. The van der Waals surface area contributed by atoms with Crippen molar-refractivity contribution in [2.24, 2.45) is 5.92 Å². The molecule has 0 saturated carbocycles. The number of amides is 2. The van der Waals surface area contributed by atoms with Gasteiger partial charge < -0.3 is 10.2 Å². The molecule has 1 aliphatic heterocycles. The van der Waals surface area contributed by atoms with Crippen LogP contribution in [0, 0.1) is 11.7 Å². The highest BCUT2D eigenvalue weighted by Crippen LogP contribution is 2.35. The highest BCUT2D eigenvalue weighted by molar-refractivity contribution is 8.00. The lowest BCUT2D eigenvalue weighted by molar-refractivity contribution is -0.124. The van der Waals surface area contributed by atoms with Crippen molar-refractivity contribution in [3.63, 3.8) is 0 Å². The fourth-order valence-electron chi connectivity index (χ4n) is 2.76. The van der Waals surface area contributed by atoms with Crippen LogP contribution in [-0.4, -0.2) is 40.4 Å². The summed E-state index contributed by atoms with van der Waals surface area (Å²) in [7, 11) is 0. The summed E-state index contributed by atoms with van der Waals surface area (Å²) in [5.41, 5.74) is 0.0297. The molecule has 132 valence electrons. The van der Waals surface area contributed by atoms with Crippen molar-refractivity contribution in [1.29, 1.82) is 0 Å². The van der Waals surface area contributed by atoms with Gasteiger partial charge in [0, 0.05) is 12.3 Å². The lowest BCUT2D eigenvalue weighted by atomic mass is 10.1. The Morgan fingerprint density at radius 3 is 2.71 bits per heavy atom. The second-order valence-corrected chi connectivity index (χ2v) is 7.63. The molecule has 2 atom stereocenters. The quantitative estimate of drug-likeness (QED) is 0.855. The van der Waals surface area contributed by atoms with Crippen LogP contribution in [0.5, 0.6) is 0 Å². The minimum Gasteiger partial charge on any atom is -0.354 e. The molecule has 4 nitrogen and oxygen atoms in total. The third-order valence-electron chi connectivity index (χ3n) is 3.96. The minimum atomic E-state index is -0.546. The number of rotatable bonds is 6. The average molecular weight is 352 g/mol. The summed E-state index contributed by atoms with van der Waals surface area (Å²) in [6.07, 6.45) is 1.62. The van der Waals surface area contributed by atoms with Gasteiger partial charge in [-0.05, 0) is 30.9 Å². The van der Waals surface area contributed by atoms with Gasteiger partial charge in [-0.25, -0.2) is 4.39 Å².